The first-order chi connectivity index (χ1) is 13.0. The van der Waals surface area contributed by atoms with E-state index in [1.165, 1.54) is 24.4 Å². The number of hydrogen-bond acceptors (Lipinski definition) is 4. The number of benzene rings is 2. The van der Waals surface area contributed by atoms with Gasteiger partial charge in [-0.15, -0.1) is 0 Å². The SMILES string of the molecule is COc1cc(C=CC(=O)c2cnn(-c3ccc(F)cc3)c2C)cc(OC)c1. The average Bonchev–Trinajstić information content (AvgIpc) is 3.07. The van der Waals surface area contributed by atoms with Crippen LogP contribution in [0.5, 0.6) is 11.5 Å². The lowest BCUT2D eigenvalue weighted by molar-refractivity contribution is 0.104. The Morgan fingerprint density at radius 3 is 2.30 bits per heavy atom. The number of allylic oxidation sites excluding steroid dienone is 1. The van der Waals surface area contributed by atoms with Gasteiger partial charge in [0.2, 0.25) is 0 Å². The number of hydrogen-bond donors (Lipinski definition) is 0. The van der Waals surface area contributed by atoms with E-state index >= 15 is 0 Å². The van der Waals surface area contributed by atoms with E-state index in [4.69, 9.17) is 9.47 Å². The van der Waals surface area contributed by atoms with Crippen LogP contribution in [0.1, 0.15) is 21.6 Å². The minimum absolute atomic E-state index is 0.178. The van der Waals surface area contributed by atoms with E-state index in [9.17, 15) is 9.18 Å². The number of halogens is 1. The van der Waals surface area contributed by atoms with Crippen LogP contribution in [0.15, 0.2) is 54.7 Å². The highest BCUT2D eigenvalue weighted by Gasteiger charge is 2.13. The molecule has 0 atom stereocenters. The van der Waals surface area contributed by atoms with Crippen molar-refractivity contribution in [3.05, 3.63) is 77.4 Å². The average molecular weight is 366 g/mol. The molecule has 0 fully saturated rings. The second kappa shape index (κ2) is 7.86. The van der Waals surface area contributed by atoms with E-state index in [2.05, 4.69) is 5.10 Å². The van der Waals surface area contributed by atoms with Gasteiger partial charge in [-0.2, -0.15) is 5.10 Å². The molecule has 6 heteroatoms. The Morgan fingerprint density at radius 1 is 1.07 bits per heavy atom. The van der Waals surface area contributed by atoms with Crippen LogP contribution in [-0.4, -0.2) is 29.8 Å². The molecule has 0 aliphatic rings. The standard InChI is InChI=1S/C21H19FN2O3/c1-14-20(13-23-24(14)17-7-5-16(22)6-8-17)21(25)9-4-15-10-18(26-2)12-19(11-15)27-3/h4-13H,1-3H3. The summed E-state index contributed by atoms with van der Waals surface area (Å²) in [7, 11) is 3.14. The molecule has 0 aliphatic heterocycles. The summed E-state index contributed by atoms with van der Waals surface area (Å²) in [4.78, 5) is 12.6. The van der Waals surface area contributed by atoms with Gasteiger partial charge in [0.25, 0.3) is 0 Å². The van der Waals surface area contributed by atoms with E-state index in [1.807, 2.05) is 0 Å². The molecule has 3 aromatic rings. The van der Waals surface area contributed by atoms with E-state index in [0.29, 0.717) is 28.4 Å². The first-order valence-corrected chi connectivity index (χ1v) is 8.28. The molecular weight excluding hydrogens is 347 g/mol. The molecule has 27 heavy (non-hydrogen) atoms. The summed E-state index contributed by atoms with van der Waals surface area (Å²) in [5, 5.41) is 4.25. The Bertz CT molecular complexity index is 969. The predicted molar refractivity (Wildman–Crippen MR) is 101 cm³/mol. The minimum Gasteiger partial charge on any atom is -0.497 e. The zero-order valence-corrected chi connectivity index (χ0v) is 15.3. The molecule has 0 saturated heterocycles. The van der Waals surface area contributed by atoms with E-state index in [1.54, 1.807) is 62.2 Å². The van der Waals surface area contributed by atoms with Gasteiger partial charge in [0.05, 0.1) is 37.4 Å². The van der Waals surface area contributed by atoms with Crippen molar-refractivity contribution in [1.29, 1.82) is 0 Å². The topological polar surface area (TPSA) is 53.3 Å². The fourth-order valence-electron chi connectivity index (χ4n) is 2.68. The third kappa shape index (κ3) is 4.06. The predicted octanol–water partition coefficient (Wildman–Crippen LogP) is 4.23. The van der Waals surface area contributed by atoms with Crippen LogP contribution in [0.4, 0.5) is 4.39 Å². The van der Waals surface area contributed by atoms with Gasteiger partial charge in [0, 0.05) is 6.07 Å². The fourth-order valence-corrected chi connectivity index (χ4v) is 2.68. The first kappa shape index (κ1) is 18.4. The Hall–Kier alpha value is -3.41. The molecule has 1 heterocycles. The van der Waals surface area contributed by atoms with Gasteiger partial charge >= 0.3 is 0 Å². The number of ether oxygens (including phenoxy) is 2. The zero-order valence-electron chi connectivity index (χ0n) is 15.3. The number of carbonyl (C=O) groups is 1. The summed E-state index contributed by atoms with van der Waals surface area (Å²) in [5.74, 6) is 0.780. The maximum atomic E-state index is 13.1. The minimum atomic E-state index is -0.323. The normalized spacial score (nSPS) is 11.0. The Kier molecular flexibility index (Phi) is 5.35. The van der Waals surface area contributed by atoms with Gasteiger partial charge in [-0.05, 0) is 55.0 Å². The molecule has 0 aliphatic carbocycles. The summed E-state index contributed by atoms with van der Waals surface area (Å²) in [6.45, 7) is 1.80. The zero-order chi connectivity index (χ0) is 19.4. The highest BCUT2D eigenvalue weighted by molar-refractivity contribution is 6.07. The highest BCUT2D eigenvalue weighted by Crippen LogP contribution is 2.23. The second-order valence-electron chi connectivity index (χ2n) is 5.88. The summed E-state index contributed by atoms with van der Waals surface area (Å²) in [5.41, 5.74) is 2.63. The summed E-state index contributed by atoms with van der Waals surface area (Å²) < 4.78 is 25.2. The molecule has 0 bridgehead atoms. The van der Waals surface area contributed by atoms with Crippen LogP contribution in [0.2, 0.25) is 0 Å². The number of aromatic nitrogens is 2. The largest absolute Gasteiger partial charge is 0.497 e. The number of carbonyl (C=O) groups excluding carboxylic acids is 1. The van der Waals surface area contributed by atoms with Crippen LogP contribution in [0.25, 0.3) is 11.8 Å². The highest BCUT2D eigenvalue weighted by atomic mass is 19.1. The van der Waals surface area contributed by atoms with Gasteiger partial charge in [-0.25, -0.2) is 9.07 Å². The van der Waals surface area contributed by atoms with Crippen LogP contribution in [-0.2, 0) is 0 Å². The van der Waals surface area contributed by atoms with E-state index < -0.39 is 0 Å². The Labute approximate surface area is 156 Å². The van der Waals surface area contributed by atoms with Crippen molar-refractivity contribution in [2.75, 3.05) is 14.2 Å². The molecule has 0 spiro atoms. The molecule has 0 amide bonds. The maximum Gasteiger partial charge on any atom is 0.189 e. The fraction of sp³-hybridized carbons (Fsp3) is 0.143. The second-order valence-corrected chi connectivity index (χ2v) is 5.88. The monoisotopic (exact) mass is 366 g/mol. The van der Waals surface area contributed by atoms with Gasteiger partial charge < -0.3 is 9.47 Å². The van der Waals surface area contributed by atoms with Crippen LogP contribution in [0, 0.1) is 12.7 Å². The van der Waals surface area contributed by atoms with Crippen LogP contribution in [0.3, 0.4) is 0 Å². The van der Waals surface area contributed by atoms with Crippen LogP contribution >= 0.6 is 0 Å². The smallest absolute Gasteiger partial charge is 0.189 e. The quantitative estimate of drug-likeness (QED) is 0.484. The molecule has 0 radical (unpaired) electrons. The molecule has 0 unspecified atom stereocenters. The van der Waals surface area contributed by atoms with Crippen molar-refractivity contribution in [3.63, 3.8) is 0 Å². The van der Waals surface area contributed by atoms with Gasteiger partial charge in [0.1, 0.15) is 17.3 Å². The van der Waals surface area contributed by atoms with Crippen LogP contribution < -0.4 is 9.47 Å². The summed E-state index contributed by atoms with van der Waals surface area (Å²) >= 11 is 0. The van der Waals surface area contributed by atoms with Gasteiger partial charge in [-0.3, -0.25) is 4.79 Å². The van der Waals surface area contributed by atoms with Crippen molar-refractivity contribution in [2.24, 2.45) is 0 Å². The van der Waals surface area contributed by atoms with Crippen molar-refractivity contribution in [1.82, 2.24) is 9.78 Å². The number of ketones is 1. The first-order valence-electron chi connectivity index (χ1n) is 8.28. The molecule has 5 nitrogen and oxygen atoms in total. The molecular formula is C21H19FN2O3. The third-order valence-corrected chi connectivity index (χ3v) is 4.15. The summed E-state index contributed by atoms with van der Waals surface area (Å²) in [6.07, 6.45) is 4.69. The molecule has 1 aromatic heterocycles. The number of rotatable bonds is 6. The third-order valence-electron chi connectivity index (χ3n) is 4.15. The lowest BCUT2D eigenvalue weighted by Crippen LogP contribution is -2.01. The van der Waals surface area contributed by atoms with Crippen molar-refractivity contribution >= 4 is 11.9 Å². The van der Waals surface area contributed by atoms with E-state index in [-0.39, 0.29) is 11.6 Å². The Morgan fingerprint density at radius 2 is 1.70 bits per heavy atom. The number of methoxy groups -OCH3 is 2. The molecule has 3 rings (SSSR count). The van der Waals surface area contributed by atoms with E-state index in [0.717, 1.165) is 5.56 Å². The Balaban J connectivity index is 1.85. The number of nitrogens with zero attached hydrogens (tertiary/aromatic N) is 2. The van der Waals surface area contributed by atoms with Gasteiger partial charge in [-0.1, -0.05) is 6.08 Å². The molecule has 138 valence electrons. The molecule has 0 N–H and O–H groups in total. The lowest BCUT2D eigenvalue weighted by atomic mass is 10.1. The molecule has 0 saturated carbocycles. The van der Waals surface area contributed by atoms with Crippen molar-refractivity contribution < 1.29 is 18.7 Å². The summed E-state index contributed by atoms with van der Waals surface area (Å²) in [6, 6.07) is 11.3. The lowest BCUT2D eigenvalue weighted by Gasteiger charge is -2.06. The van der Waals surface area contributed by atoms with Crippen molar-refractivity contribution in [3.8, 4) is 17.2 Å². The molecule has 2 aromatic carbocycles. The van der Waals surface area contributed by atoms with Gasteiger partial charge in [0.15, 0.2) is 5.78 Å². The van der Waals surface area contributed by atoms with Crippen molar-refractivity contribution in [2.45, 2.75) is 6.92 Å². The maximum absolute atomic E-state index is 13.1.